The lowest BCUT2D eigenvalue weighted by molar-refractivity contribution is -0.351. The predicted molar refractivity (Wildman–Crippen MR) is 67.2 cm³/mol. The second kappa shape index (κ2) is 7.01. The first kappa shape index (κ1) is 17.9. The summed E-state index contributed by atoms with van der Waals surface area (Å²) in [6.45, 7) is 0.846. The molecule has 0 saturated carbocycles. The standard InChI is InChI=1S/C12H22O10/c1-3-10(7(16)8(17)11(19)20-3)22-12-9(18)6(15)5(14)4(2-13)21-12/h3-19H,2H2,1H3/t3-,4-,5-,6+,7-,8-,9-,10+,11-,12+/m1/s1. The molecule has 0 unspecified atom stereocenters. The minimum Gasteiger partial charge on any atom is -0.394 e. The molecular weight excluding hydrogens is 304 g/mol. The summed E-state index contributed by atoms with van der Waals surface area (Å²) in [5, 5.41) is 67.2. The van der Waals surface area contributed by atoms with Crippen molar-refractivity contribution >= 4 is 0 Å². The highest BCUT2D eigenvalue weighted by atomic mass is 16.7. The average molecular weight is 326 g/mol. The summed E-state index contributed by atoms with van der Waals surface area (Å²) in [6.07, 6.45) is -14.2. The van der Waals surface area contributed by atoms with Crippen LogP contribution < -0.4 is 0 Å². The molecule has 2 aliphatic rings. The average Bonchev–Trinajstić information content (AvgIpc) is 2.49. The number of hydrogen-bond donors (Lipinski definition) is 7. The molecule has 2 heterocycles. The van der Waals surface area contributed by atoms with Crippen molar-refractivity contribution in [2.24, 2.45) is 0 Å². The summed E-state index contributed by atoms with van der Waals surface area (Å²) < 4.78 is 15.5. The summed E-state index contributed by atoms with van der Waals surface area (Å²) in [7, 11) is 0. The minimum atomic E-state index is -1.64. The first-order chi connectivity index (χ1) is 10.3. The highest BCUT2D eigenvalue weighted by Crippen LogP contribution is 2.28. The van der Waals surface area contributed by atoms with Gasteiger partial charge in [-0.3, -0.25) is 0 Å². The molecule has 0 aromatic heterocycles. The zero-order valence-corrected chi connectivity index (χ0v) is 11.8. The molecular formula is C12H22O10. The van der Waals surface area contributed by atoms with Gasteiger partial charge in [0.05, 0.1) is 12.7 Å². The van der Waals surface area contributed by atoms with Crippen molar-refractivity contribution in [2.45, 2.75) is 68.3 Å². The molecule has 0 aromatic rings. The van der Waals surface area contributed by atoms with E-state index in [1.807, 2.05) is 0 Å². The van der Waals surface area contributed by atoms with Gasteiger partial charge in [0.1, 0.15) is 42.7 Å². The Kier molecular flexibility index (Phi) is 5.72. The SMILES string of the molecule is C[C@H]1O[C@@H](O)[C@H](O)[C@@H](O)[C@H]1O[C@@H]1O[C@H](CO)[C@@H](O)[C@H](O)[C@H]1O. The van der Waals surface area contributed by atoms with Crippen molar-refractivity contribution in [3.05, 3.63) is 0 Å². The Morgan fingerprint density at radius 1 is 0.818 bits per heavy atom. The summed E-state index contributed by atoms with van der Waals surface area (Å²) in [6, 6.07) is 0. The molecule has 0 bridgehead atoms. The Hall–Kier alpha value is -0.400. The fraction of sp³-hybridized carbons (Fsp3) is 1.00. The van der Waals surface area contributed by atoms with Crippen LogP contribution in [0.15, 0.2) is 0 Å². The number of hydrogen-bond acceptors (Lipinski definition) is 10. The molecule has 0 aliphatic carbocycles. The van der Waals surface area contributed by atoms with E-state index in [9.17, 15) is 30.6 Å². The molecule has 2 rings (SSSR count). The lowest BCUT2D eigenvalue weighted by Gasteiger charge is -2.44. The molecule has 2 fully saturated rings. The second-order valence-corrected chi connectivity index (χ2v) is 5.51. The Morgan fingerprint density at radius 3 is 2.05 bits per heavy atom. The van der Waals surface area contributed by atoms with Gasteiger partial charge in [-0.05, 0) is 6.92 Å². The van der Waals surface area contributed by atoms with E-state index in [4.69, 9.17) is 19.3 Å². The zero-order chi connectivity index (χ0) is 16.6. The molecule has 10 atom stereocenters. The molecule has 10 heteroatoms. The molecule has 130 valence electrons. The van der Waals surface area contributed by atoms with Crippen LogP contribution in [0.5, 0.6) is 0 Å². The second-order valence-electron chi connectivity index (χ2n) is 5.51. The Morgan fingerprint density at radius 2 is 1.45 bits per heavy atom. The summed E-state index contributed by atoms with van der Waals surface area (Å²) >= 11 is 0. The smallest absolute Gasteiger partial charge is 0.187 e. The molecule has 0 spiro atoms. The lowest BCUT2D eigenvalue weighted by Crippen LogP contribution is -2.63. The molecule has 10 nitrogen and oxygen atoms in total. The molecule has 2 saturated heterocycles. The van der Waals surface area contributed by atoms with E-state index in [0.717, 1.165) is 0 Å². The minimum absolute atomic E-state index is 0.620. The Labute approximate surface area is 126 Å². The van der Waals surface area contributed by atoms with Gasteiger partial charge in [0, 0.05) is 0 Å². The normalized spacial score (nSPS) is 53.5. The summed E-state index contributed by atoms with van der Waals surface area (Å²) in [5.41, 5.74) is 0. The lowest BCUT2D eigenvalue weighted by atomic mass is 9.97. The van der Waals surface area contributed by atoms with Crippen LogP contribution in [0.1, 0.15) is 6.92 Å². The number of ether oxygens (including phenoxy) is 3. The van der Waals surface area contributed by atoms with Gasteiger partial charge < -0.3 is 50.0 Å². The maximum atomic E-state index is 9.92. The fourth-order valence-electron chi connectivity index (χ4n) is 2.54. The van der Waals surface area contributed by atoms with E-state index >= 15 is 0 Å². The molecule has 0 amide bonds. The van der Waals surface area contributed by atoms with E-state index in [0.29, 0.717) is 0 Å². The van der Waals surface area contributed by atoms with Crippen molar-refractivity contribution in [1.29, 1.82) is 0 Å². The van der Waals surface area contributed by atoms with E-state index in [1.165, 1.54) is 6.92 Å². The van der Waals surface area contributed by atoms with Crippen LogP contribution in [0.4, 0.5) is 0 Å². The van der Waals surface area contributed by atoms with Crippen molar-refractivity contribution in [1.82, 2.24) is 0 Å². The third kappa shape index (κ3) is 3.26. The van der Waals surface area contributed by atoms with Gasteiger partial charge in [-0.2, -0.15) is 0 Å². The fourth-order valence-corrected chi connectivity index (χ4v) is 2.54. The van der Waals surface area contributed by atoms with E-state index in [-0.39, 0.29) is 0 Å². The monoisotopic (exact) mass is 326 g/mol. The highest BCUT2D eigenvalue weighted by Gasteiger charge is 2.49. The van der Waals surface area contributed by atoms with Crippen LogP contribution in [0.2, 0.25) is 0 Å². The van der Waals surface area contributed by atoms with Crippen molar-refractivity contribution in [3.63, 3.8) is 0 Å². The highest BCUT2D eigenvalue weighted by molar-refractivity contribution is 4.92. The van der Waals surface area contributed by atoms with Gasteiger partial charge in [-0.25, -0.2) is 0 Å². The first-order valence-corrected chi connectivity index (χ1v) is 6.93. The molecule has 7 N–H and O–H groups in total. The largest absolute Gasteiger partial charge is 0.394 e. The van der Waals surface area contributed by atoms with Crippen LogP contribution in [-0.2, 0) is 14.2 Å². The number of aliphatic hydroxyl groups excluding tert-OH is 7. The van der Waals surface area contributed by atoms with Crippen LogP contribution in [-0.4, -0.2) is 104 Å². The van der Waals surface area contributed by atoms with E-state index in [2.05, 4.69) is 0 Å². The predicted octanol–water partition coefficient (Wildman–Crippen LogP) is -4.37. The summed E-state index contributed by atoms with van der Waals surface area (Å²) in [5.74, 6) is 0. The topological polar surface area (TPSA) is 169 Å². The molecule has 0 radical (unpaired) electrons. The maximum absolute atomic E-state index is 9.92. The van der Waals surface area contributed by atoms with Crippen LogP contribution in [0.25, 0.3) is 0 Å². The number of rotatable bonds is 3. The third-order valence-corrected chi connectivity index (χ3v) is 3.94. The van der Waals surface area contributed by atoms with Gasteiger partial charge in [-0.1, -0.05) is 0 Å². The van der Waals surface area contributed by atoms with Gasteiger partial charge >= 0.3 is 0 Å². The van der Waals surface area contributed by atoms with Gasteiger partial charge in [0.25, 0.3) is 0 Å². The van der Waals surface area contributed by atoms with E-state index in [1.54, 1.807) is 0 Å². The first-order valence-electron chi connectivity index (χ1n) is 6.93. The third-order valence-electron chi connectivity index (χ3n) is 3.94. The van der Waals surface area contributed by atoms with Gasteiger partial charge in [0.2, 0.25) is 0 Å². The van der Waals surface area contributed by atoms with Crippen molar-refractivity contribution in [2.75, 3.05) is 6.61 Å². The maximum Gasteiger partial charge on any atom is 0.187 e. The quantitative estimate of drug-likeness (QED) is 0.269. The van der Waals surface area contributed by atoms with Crippen LogP contribution in [0.3, 0.4) is 0 Å². The molecule has 0 aromatic carbocycles. The Balaban J connectivity index is 2.08. The Bertz CT molecular complexity index is 366. The van der Waals surface area contributed by atoms with Crippen molar-refractivity contribution in [3.8, 4) is 0 Å². The van der Waals surface area contributed by atoms with Crippen molar-refractivity contribution < 1.29 is 50.0 Å². The number of aliphatic hydroxyl groups is 7. The van der Waals surface area contributed by atoms with E-state index < -0.39 is 68.0 Å². The zero-order valence-electron chi connectivity index (χ0n) is 11.8. The molecule has 2 aliphatic heterocycles. The summed E-state index contributed by atoms with van der Waals surface area (Å²) in [4.78, 5) is 0. The van der Waals surface area contributed by atoms with Gasteiger partial charge in [0.15, 0.2) is 12.6 Å². The van der Waals surface area contributed by atoms with Crippen LogP contribution in [0, 0.1) is 0 Å². The van der Waals surface area contributed by atoms with Crippen LogP contribution >= 0.6 is 0 Å². The van der Waals surface area contributed by atoms with Gasteiger partial charge in [-0.15, -0.1) is 0 Å². The molecule has 22 heavy (non-hydrogen) atoms.